The monoisotopic (exact) mass is 417 g/mol. The van der Waals surface area contributed by atoms with Crippen LogP contribution in [-0.2, 0) is 0 Å². The van der Waals surface area contributed by atoms with Crippen molar-refractivity contribution in [1.82, 2.24) is 19.9 Å². The van der Waals surface area contributed by atoms with Crippen LogP contribution in [0.5, 0.6) is 0 Å². The number of nitrogens with zero attached hydrogens (tertiary/aromatic N) is 4. The van der Waals surface area contributed by atoms with Gasteiger partial charge in [0.25, 0.3) is 5.91 Å². The molecule has 1 amide bonds. The Balaban J connectivity index is 1.44. The number of rotatable bonds is 4. The van der Waals surface area contributed by atoms with Crippen LogP contribution in [0.2, 0.25) is 0 Å². The number of piperidine rings is 1. The van der Waals surface area contributed by atoms with Crippen molar-refractivity contribution in [3.63, 3.8) is 0 Å². The standard InChI is InChI=1S/C24H24FN5O/c1-14-5-6-20(28-12-14)29-18-10-16-11-19(18)30(13-16)24(31)23-21(15(2)7-9-27-23)22-17(25)4-3-8-26-22/h3-9,12,16,18-19H,10-11,13H2,1-2H3,(H,28,29). The van der Waals surface area contributed by atoms with Crippen molar-refractivity contribution >= 4 is 11.7 Å². The summed E-state index contributed by atoms with van der Waals surface area (Å²) in [7, 11) is 0. The van der Waals surface area contributed by atoms with Gasteiger partial charge in [0, 0.05) is 36.7 Å². The summed E-state index contributed by atoms with van der Waals surface area (Å²) in [6.07, 6.45) is 6.93. The third-order valence-corrected chi connectivity index (χ3v) is 6.34. The number of anilines is 1. The van der Waals surface area contributed by atoms with Gasteiger partial charge in [-0.1, -0.05) is 6.07 Å². The topological polar surface area (TPSA) is 71.0 Å². The molecule has 0 spiro atoms. The molecule has 1 aliphatic carbocycles. The lowest BCUT2D eigenvalue weighted by Crippen LogP contribution is -2.48. The van der Waals surface area contributed by atoms with E-state index in [4.69, 9.17) is 0 Å². The van der Waals surface area contributed by atoms with Crippen molar-refractivity contribution in [3.8, 4) is 11.3 Å². The van der Waals surface area contributed by atoms with Gasteiger partial charge in [-0.3, -0.25) is 14.8 Å². The molecule has 3 aromatic rings. The van der Waals surface area contributed by atoms with E-state index in [0.29, 0.717) is 18.0 Å². The first kappa shape index (κ1) is 19.6. The van der Waals surface area contributed by atoms with Gasteiger partial charge in [-0.2, -0.15) is 0 Å². The number of likely N-dealkylation sites (tertiary alicyclic amines) is 1. The molecule has 4 heterocycles. The van der Waals surface area contributed by atoms with E-state index >= 15 is 0 Å². The summed E-state index contributed by atoms with van der Waals surface area (Å²) in [6, 6.07) is 8.87. The predicted octanol–water partition coefficient (Wildman–Crippen LogP) is 4.01. The van der Waals surface area contributed by atoms with Crippen LogP contribution < -0.4 is 5.32 Å². The Morgan fingerprint density at radius 2 is 1.97 bits per heavy atom. The Hall–Kier alpha value is -3.35. The van der Waals surface area contributed by atoms with Gasteiger partial charge >= 0.3 is 0 Å². The Morgan fingerprint density at radius 3 is 2.71 bits per heavy atom. The Bertz CT molecular complexity index is 1130. The highest BCUT2D eigenvalue weighted by molar-refractivity contribution is 5.99. The molecule has 6 nitrogen and oxygen atoms in total. The van der Waals surface area contributed by atoms with Crippen LogP contribution in [0.3, 0.4) is 0 Å². The van der Waals surface area contributed by atoms with E-state index in [-0.39, 0.29) is 29.4 Å². The van der Waals surface area contributed by atoms with Crippen molar-refractivity contribution < 1.29 is 9.18 Å². The fourth-order valence-electron chi connectivity index (χ4n) is 4.88. The van der Waals surface area contributed by atoms with E-state index in [1.807, 2.05) is 37.1 Å². The molecule has 0 radical (unpaired) electrons. The number of carbonyl (C=O) groups excluding carboxylic acids is 1. The molecule has 3 atom stereocenters. The Kier molecular flexibility index (Phi) is 4.88. The third-order valence-electron chi connectivity index (χ3n) is 6.34. The first-order chi connectivity index (χ1) is 15.0. The van der Waals surface area contributed by atoms with Crippen molar-refractivity contribution in [1.29, 1.82) is 0 Å². The van der Waals surface area contributed by atoms with Gasteiger partial charge in [0.15, 0.2) is 0 Å². The zero-order valence-electron chi connectivity index (χ0n) is 17.5. The lowest BCUT2D eigenvalue weighted by molar-refractivity contribution is 0.0687. The number of hydrogen-bond donors (Lipinski definition) is 1. The number of halogens is 1. The molecule has 1 saturated heterocycles. The molecule has 5 rings (SSSR count). The highest BCUT2D eigenvalue weighted by atomic mass is 19.1. The van der Waals surface area contributed by atoms with Crippen molar-refractivity contribution in [3.05, 3.63) is 71.6 Å². The van der Waals surface area contributed by atoms with Gasteiger partial charge in [-0.15, -0.1) is 0 Å². The highest BCUT2D eigenvalue weighted by Crippen LogP contribution is 2.40. The molecule has 3 unspecified atom stereocenters. The molecular formula is C24H24FN5O. The lowest BCUT2D eigenvalue weighted by atomic mass is 10.0. The average molecular weight is 417 g/mol. The van der Waals surface area contributed by atoms with E-state index in [1.165, 1.54) is 12.3 Å². The summed E-state index contributed by atoms with van der Waals surface area (Å²) < 4.78 is 14.5. The quantitative estimate of drug-likeness (QED) is 0.695. The van der Waals surface area contributed by atoms with Gasteiger partial charge < -0.3 is 10.2 Å². The minimum atomic E-state index is -0.458. The van der Waals surface area contributed by atoms with Crippen LogP contribution in [0.15, 0.2) is 48.9 Å². The maximum absolute atomic E-state index is 14.5. The molecule has 2 fully saturated rings. The predicted molar refractivity (Wildman–Crippen MR) is 116 cm³/mol. The molecular weight excluding hydrogens is 393 g/mol. The number of hydrogen-bond acceptors (Lipinski definition) is 5. The second kappa shape index (κ2) is 7.72. The third kappa shape index (κ3) is 3.54. The number of nitrogens with one attached hydrogen (secondary N) is 1. The van der Waals surface area contributed by atoms with Crippen LogP contribution in [0.1, 0.15) is 34.5 Å². The Morgan fingerprint density at radius 1 is 1.10 bits per heavy atom. The van der Waals surface area contributed by atoms with Gasteiger partial charge in [0.1, 0.15) is 23.0 Å². The molecule has 0 aromatic carbocycles. The fraction of sp³-hybridized carbons (Fsp3) is 0.333. The average Bonchev–Trinajstić information content (AvgIpc) is 3.36. The second-order valence-electron chi connectivity index (χ2n) is 8.52. The van der Waals surface area contributed by atoms with E-state index < -0.39 is 5.82 Å². The van der Waals surface area contributed by atoms with Gasteiger partial charge in [0.2, 0.25) is 0 Å². The summed E-state index contributed by atoms with van der Waals surface area (Å²) in [5.74, 6) is 0.636. The molecule has 3 aromatic heterocycles. The second-order valence-corrected chi connectivity index (χ2v) is 8.52. The van der Waals surface area contributed by atoms with E-state index in [9.17, 15) is 9.18 Å². The van der Waals surface area contributed by atoms with Crippen molar-refractivity contribution in [2.45, 2.75) is 38.8 Å². The molecule has 7 heteroatoms. The van der Waals surface area contributed by atoms with Gasteiger partial charge in [-0.05, 0) is 68.0 Å². The lowest BCUT2D eigenvalue weighted by Gasteiger charge is -2.34. The number of fused-ring (bicyclic) bond motifs is 2. The van der Waals surface area contributed by atoms with Gasteiger partial charge in [-0.25, -0.2) is 9.37 Å². The molecule has 158 valence electrons. The van der Waals surface area contributed by atoms with Crippen LogP contribution in [-0.4, -0.2) is 44.4 Å². The van der Waals surface area contributed by atoms with Crippen molar-refractivity contribution in [2.24, 2.45) is 5.92 Å². The van der Waals surface area contributed by atoms with Crippen molar-refractivity contribution in [2.75, 3.05) is 11.9 Å². The largest absolute Gasteiger partial charge is 0.365 e. The summed E-state index contributed by atoms with van der Waals surface area (Å²) in [4.78, 5) is 28.5. The van der Waals surface area contributed by atoms with Crippen LogP contribution in [0.4, 0.5) is 10.2 Å². The maximum Gasteiger partial charge on any atom is 0.273 e. The summed E-state index contributed by atoms with van der Waals surface area (Å²) in [5.41, 5.74) is 2.78. The smallest absolute Gasteiger partial charge is 0.273 e. The van der Waals surface area contributed by atoms with Crippen LogP contribution in [0.25, 0.3) is 11.3 Å². The number of pyridine rings is 3. The fourth-order valence-corrected chi connectivity index (χ4v) is 4.88. The molecule has 2 bridgehead atoms. The van der Waals surface area contributed by atoms with E-state index in [1.54, 1.807) is 18.3 Å². The molecule has 2 aliphatic rings. The first-order valence-electron chi connectivity index (χ1n) is 10.6. The number of carbonyl (C=O) groups is 1. The number of amides is 1. The molecule has 1 saturated carbocycles. The van der Waals surface area contributed by atoms with Crippen LogP contribution >= 0.6 is 0 Å². The zero-order valence-corrected chi connectivity index (χ0v) is 17.5. The zero-order chi connectivity index (χ0) is 21.5. The minimum absolute atomic E-state index is 0.0596. The van der Waals surface area contributed by atoms with E-state index in [2.05, 4.69) is 20.3 Å². The number of aryl methyl sites for hydroxylation is 2. The summed E-state index contributed by atoms with van der Waals surface area (Å²) >= 11 is 0. The maximum atomic E-state index is 14.5. The van der Waals surface area contributed by atoms with Gasteiger partial charge in [0.05, 0.1) is 6.04 Å². The molecule has 1 N–H and O–H groups in total. The Labute approximate surface area is 180 Å². The van der Waals surface area contributed by atoms with Crippen LogP contribution in [0, 0.1) is 25.6 Å². The number of aromatic nitrogens is 3. The molecule has 1 aliphatic heterocycles. The molecule has 31 heavy (non-hydrogen) atoms. The van der Waals surface area contributed by atoms with E-state index in [0.717, 1.165) is 29.8 Å². The summed E-state index contributed by atoms with van der Waals surface area (Å²) in [5, 5.41) is 3.50. The summed E-state index contributed by atoms with van der Waals surface area (Å²) in [6.45, 7) is 4.56. The minimum Gasteiger partial charge on any atom is -0.365 e. The first-order valence-corrected chi connectivity index (χ1v) is 10.6. The normalized spacial score (nSPS) is 22.0. The SMILES string of the molecule is Cc1ccc(NC2CC3CC2N(C(=O)c2nccc(C)c2-c2ncccc2F)C3)nc1. The highest BCUT2D eigenvalue weighted by Gasteiger charge is 2.47.